The van der Waals surface area contributed by atoms with Gasteiger partial charge < -0.3 is 10.3 Å². The molecule has 0 aliphatic rings. The average Bonchev–Trinajstić information content (AvgIpc) is 2.53. The number of pyridine rings is 1. The van der Waals surface area contributed by atoms with Crippen molar-refractivity contribution in [3.05, 3.63) is 80.0 Å². The number of aromatic nitrogens is 1. The molecule has 3 aromatic rings. The summed E-state index contributed by atoms with van der Waals surface area (Å²) >= 11 is 3.33. The van der Waals surface area contributed by atoms with E-state index in [2.05, 4.69) is 26.2 Å². The predicted octanol–water partition coefficient (Wildman–Crippen LogP) is 3.53. The van der Waals surface area contributed by atoms with E-state index in [0.717, 1.165) is 20.9 Å². The number of amides is 1. The molecule has 0 atom stereocenters. The number of carbonyl (C=O) groups excluding carboxylic acids is 1. The first-order valence-electron chi connectivity index (χ1n) is 7.19. The monoisotopic (exact) mass is 370 g/mol. The van der Waals surface area contributed by atoms with Crippen molar-refractivity contribution in [2.45, 2.75) is 13.5 Å². The van der Waals surface area contributed by atoms with Gasteiger partial charge in [-0.25, -0.2) is 0 Å². The minimum atomic E-state index is -0.207. The van der Waals surface area contributed by atoms with Crippen molar-refractivity contribution in [3.8, 4) is 0 Å². The number of aryl methyl sites for hydroxylation is 1. The molecule has 1 heterocycles. The number of nitrogens with one attached hydrogen (secondary N) is 2. The molecule has 0 aliphatic carbocycles. The molecular weight excluding hydrogens is 356 g/mol. The lowest BCUT2D eigenvalue weighted by molar-refractivity contribution is 0.0951. The highest BCUT2D eigenvalue weighted by Crippen LogP contribution is 2.13. The van der Waals surface area contributed by atoms with Crippen LogP contribution in [-0.4, -0.2) is 10.9 Å². The predicted molar refractivity (Wildman–Crippen MR) is 94.6 cm³/mol. The average molecular weight is 371 g/mol. The van der Waals surface area contributed by atoms with Gasteiger partial charge in [0.2, 0.25) is 0 Å². The molecule has 0 unspecified atom stereocenters. The number of carbonyl (C=O) groups is 1. The minimum Gasteiger partial charge on any atom is -0.348 e. The van der Waals surface area contributed by atoms with Crippen LogP contribution in [0.15, 0.2) is 57.8 Å². The molecule has 0 fully saturated rings. The smallest absolute Gasteiger partial charge is 0.253 e. The van der Waals surface area contributed by atoms with Gasteiger partial charge in [0, 0.05) is 27.7 Å². The SMILES string of the molecule is Cc1ccc2[nH]c(=O)c(CNC(=O)c3ccc(Br)cc3)cc2c1. The molecule has 0 saturated carbocycles. The van der Waals surface area contributed by atoms with Crippen LogP contribution >= 0.6 is 15.9 Å². The van der Waals surface area contributed by atoms with Crippen LogP contribution in [0, 0.1) is 6.92 Å². The van der Waals surface area contributed by atoms with E-state index in [1.807, 2.05) is 31.2 Å². The number of hydrogen-bond acceptors (Lipinski definition) is 2. The van der Waals surface area contributed by atoms with E-state index in [4.69, 9.17) is 0 Å². The third-order valence-corrected chi connectivity index (χ3v) is 4.15. The number of aromatic amines is 1. The van der Waals surface area contributed by atoms with Gasteiger partial charge in [-0.15, -0.1) is 0 Å². The number of rotatable bonds is 3. The quantitative estimate of drug-likeness (QED) is 0.740. The second kappa shape index (κ2) is 6.38. The maximum Gasteiger partial charge on any atom is 0.253 e. The zero-order valence-corrected chi connectivity index (χ0v) is 14.1. The number of benzene rings is 2. The molecule has 0 spiro atoms. The maximum absolute atomic E-state index is 12.1. The van der Waals surface area contributed by atoms with Gasteiger partial charge in [-0.2, -0.15) is 0 Å². The Hall–Kier alpha value is -2.40. The van der Waals surface area contributed by atoms with Crippen LogP contribution in [0.25, 0.3) is 10.9 Å². The first-order chi connectivity index (χ1) is 11.0. The zero-order chi connectivity index (χ0) is 16.4. The van der Waals surface area contributed by atoms with Crippen LogP contribution in [-0.2, 0) is 6.54 Å². The molecule has 0 radical (unpaired) electrons. The number of halogens is 1. The second-order valence-electron chi connectivity index (χ2n) is 5.40. The summed E-state index contributed by atoms with van der Waals surface area (Å²) in [6, 6.07) is 14.7. The van der Waals surface area contributed by atoms with Gasteiger partial charge in [-0.3, -0.25) is 9.59 Å². The summed E-state index contributed by atoms with van der Waals surface area (Å²) in [6.07, 6.45) is 0. The highest BCUT2D eigenvalue weighted by atomic mass is 79.9. The number of hydrogen-bond donors (Lipinski definition) is 2. The highest BCUT2D eigenvalue weighted by molar-refractivity contribution is 9.10. The van der Waals surface area contributed by atoms with Gasteiger partial charge in [0.15, 0.2) is 0 Å². The van der Waals surface area contributed by atoms with Crippen LogP contribution in [0.2, 0.25) is 0 Å². The lowest BCUT2D eigenvalue weighted by Gasteiger charge is -2.07. The fourth-order valence-corrected chi connectivity index (χ4v) is 2.65. The molecule has 3 rings (SSSR count). The largest absolute Gasteiger partial charge is 0.348 e. The van der Waals surface area contributed by atoms with E-state index in [0.29, 0.717) is 11.1 Å². The Balaban J connectivity index is 1.81. The Bertz CT molecular complexity index is 930. The summed E-state index contributed by atoms with van der Waals surface area (Å²) in [6.45, 7) is 2.19. The Labute approximate surface area is 141 Å². The van der Waals surface area contributed by atoms with E-state index in [9.17, 15) is 9.59 Å². The van der Waals surface area contributed by atoms with E-state index in [-0.39, 0.29) is 18.0 Å². The Kier molecular flexibility index (Phi) is 4.30. The van der Waals surface area contributed by atoms with Gasteiger partial charge in [0.25, 0.3) is 11.5 Å². The minimum absolute atomic E-state index is 0.183. The summed E-state index contributed by atoms with van der Waals surface area (Å²) in [4.78, 5) is 27.1. The van der Waals surface area contributed by atoms with E-state index < -0.39 is 0 Å². The number of H-pyrrole nitrogens is 1. The Morgan fingerprint density at radius 2 is 1.87 bits per heavy atom. The molecule has 23 heavy (non-hydrogen) atoms. The molecule has 116 valence electrons. The van der Waals surface area contributed by atoms with Crippen molar-refractivity contribution in [2.75, 3.05) is 0 Å². The number of fused-ring (bicyclic) bond motifs is 1. The van der Waals surface area contributed by atoms with Crippen molar-refractivity contribution in [2.24, 2.45) is 0 Å². The normalized spacial score (nSPS) is 10.7. The van der Waals surface area contributed by atoms with Gasteiger partial charge in [-0.1, -0.05) is 27.6 Å². The fourth-order valence-electron chi connectivity index (χ4n) is 2.38. The highest BCUT2D eigenvalue weighted by Gasteiger charge is 2.08. The molecular formula is C18H15BrN2O2. The molecule has 4 nitrogen and oxygen atoms in total. The van der Waals surface area contributed by atoms with Crippen LogP contribution in [0.4, 0.5) is 0 Å². The summed E-state index contributed by atoms with van der Waals surface area (Å²) < 4.78 is 0.912. The van der Waals surface area contributed by atoms with E-state index in [1.165, 1.54) is 0 Å². The first kappa shape index (κ1) is 15.5. The van der Waals surface area contributed by atoms with Crippen LogP contribution in [0.1, 0.15) is 21.5 Å². The van der Waals surface area contributed by atoms with Gasteiger partial charge in [-0.05, 0) is 54.8 Å². The Morgan fingerprint density at radius 3 is 2.61 bits per heavy atom. The third-order valence-electron chi connectivity index (χ3n) is 3.62. The van der Waals surface area contributed by atoms with Crippen molar-refractivity contribution < 1.29 is 4.79 Å². The van der Waals surface area contributed by atoms with Gasteiger partial charge >= 0.3 is 0 Å². The molecule has 1 aromatic heterocycles. The molecule has 0 saturated heterocycles. The third kappa shape index (κ3) is 3.51. The van der Waals surface area contributed by atoms with Crippen LogP contribution in [0.3, 0.4) is 0 Å². The van der Waals surface area contributed by atoms with E-state index >= 15 is 0 Å². The summed E-state index contributed by atoms with van der Waals surface area (Å²) in [5.74, 6) is -0.207. The summed E-state index contributed by atoms with van der Waals surface area (Å²) in [7, 11) is 0. The van der Waals surface area contributed by atoms with Crippen molar-refractivity contribution in [1.82, 2.24) is 10.3 Å². The molecule has 2 aromatic carbocycles. The summed E-state index contributed by atoms with van der Waals surface area (Å²) in [5, 5.41) is 3.74. The molecule has 0 bridgehead atoms. The molecule has 2 N–H and O–H groups in total. The fraction of sp³-hybridized carbons (Fsp3) is 0.111. The second-order valence-corrected chi connectivity index (χ2v) is 6.32. The maximum atomic E-state index is 12.1. The lowest BCUT2D eigenvalue weighted by atomic mass is 10.1. The first-order valence-corrected chi connectivity index (χ1v) is 7.98. The lowest BCUT2D eigenvalue weighted by Crippen LogP contribution is -2.26. The van der Waals surface area contributed by atoms with Crippen LogP contribution < -0.4 is 10.9 Å². The summed E-state index contributed by atoms with van der Waals surface area (Å²) in [5.41, 5.74) is 2.82. The van der Waals surface area contributed by atoms with Crippen molar-refractivity contribution in [3.63, 3.8) is 0 Å². The van der Waals surface area contributed by atoms with Gasteiger partial charge in [0.1, 0.15) is 0 Å². The zero-order valence-electron chi connectivity index (χ0n) is 12.5. The molecule has 0 aliphatic heterocycles. The van der Waals surface area contributed by atoms with E-state index in [1.54, 1.807) is 24.3 Å². The molecule has 1 amide bonds. The topological polar surface area (TPSA) is 62.0 Å². The van der Waals surface area contributed by atoms with Crippen LogP contribution in [0.5, 0.6) is 0 Å². The van der Waals surface area contributed by atoms with Crippen molar-refractivity contribution in [1.29, 1.82) is 0 Å². The standard InChI is InChI=1S/C18H15BrN2O2/c1-11-2-7-16-13(8-11)9-14(18(23)21-16)10-20-17(22)12-3-5-15(19)6-4-12/h2-9H,10H2,1H3,(H,20,22)(H,21,23). The molecule has 5 heteroatoms. The van der Waals surface area contributed by atoms with Gasteiger partial charge in [0.05, 0.1) is 0 Å². The Morgan fingerprint density at radius 1 is 1.13 bits per heavy atom. The van der Waals surface area contributed by atoms with Crippen molar-refractivity contribution >= 4 is 32.7 Å².